The van der Waals surface area contributed by atoms with Gasteiger partial charge in [-0.1, -0.05) is 32.0 Å². The first-order valence-electron chi connectivity index (χ1n) is 9.43. The highest BCUT2D eigenvalue weighted by Gasteiger charge is 2.31. The van der Waals surface area contributed by atoms with Crippen molar-refractivity contribution in [2.24, 2.45) is 5.92 Å². The van der Waals surface area contributed by atoms with Gasteiger partial charge in [-0.25, -0.2) is 12.8 Å². The van der Waals surface area contributed by atoms with Gasteiger partial charge in [-0.15, -0.1) is 0 Å². The second kappa shape index (κ2) is 10.4. The van der Waals surface area contributed by atoms with Crippen LogP contribution in [0.1, 0.15) is 19.4 Å². The molecule has 0 unspecified atom stereocenters. The summed E-state index contributed by atoms with van der Waals surface area (Å²) >= 11 is 0. The molecule has 0 aliphatic heterocycles. The van der Waals surface area contributed by atoms with E-state index >= 15 is 0 Å². The van der Waals surface area contributed by atoms with Gasteiger partial charge in [-0.05, 0) is 42.7 Å². The molecule has 2 N–H and O–H groups in total. The van der Waals surface area contributed by atoms with Gasteiger partial charge in [-0.3, -0.25) is 9.59 Å². The van der Waals surface area contributed by atoms with Crippen molar-refractivity contribution in [2.75, 3.05) is 19.0 Å². The zero-order valence-electron chi connectivity index (χ0n) is 17.6. The van der Waals surface area contributed by atoms with Crippen LogP contribution in [0.25, 0.3) is 0 Å². The van der Waals surface area contributed by atoms with Crippen molar-refractivity contribution < 1.29 is 31.9 Å². The molecule has 0 saturated heterocycles. The first-order valence-corrected chi connectivity index (χ1v) is 10.9. The van der Waals surface area contributed by atoms with Crippen molar-refractivity contribution in [1.82, 2.24) is 4.72 Å². The lowest BCUT2D eigenvalue weighted by molar-refractivity contribution is -0.150. The number of amides is 1. The number of hydrogen-bond donors (Lipinski definition) is 2. The third-order valence-electron chi connectivity index (χ3n) is 4.30. The van der Waals surface area contributed by atoms with E-state index in [1.54, 1.807) is 26.0 Å². The number of benzene rings is 2. The molecule has 0 heterocycles. The summed E-state index contributed by atoms with van der Waals surface area (Å²) in [5, 5.41) is 2.58. The molecule has 2 aromatic rings. The average molecular weight is 453 g/mol. The minimum Gasteiger partial charge on any atom is -0.495 e. The molecule has 10 heteroatoms. The molecular weight excluding hydrogens is 427 g/mol. The molecule has 1 amide bonds. The second-order valence-electron chi connectivity index (χ2n) is 7.13. The molecule has 0 fully saturated rings. The predicted molar refractivity (Wildman–Crippen MR) is 113 cm³/mol. The smallest absolute Gasteiger partial charge is 0.324 e. The zero-order chi connectivity index (χ0) is 23.2. The Bertz CT molecular complexity index is 1060. The number of rotatable bonds is 9. The Labute approximate surface area is 180 Å². The number of ether oxygens (including phenoxy) is 2. The van der Waals surface area contributed by atoms with Crippen molar-refractivity contribution >= 4 is 27.6 Å². The van der Waals surface area contributed by atoms with Gasteiger partial charge in [0.2, 0.25) is 10.0 Å². The van der Waals surface area contributed by atoms with Crippen molar-refractivity contribution in [3.63, 3.8) is 0 Å². The van der Waals surface area contributed by atoms with Crippen LogP contribution in [0.15, 0.2) is 47.4 Å². The van der Waals surface area contributed by atoms with Crippen LogP contribution < -0.4 is 14.8 Å². The first kappa shape index (κ1) is 24.3. The topological polar surface area (TPSA) is 111 Å². The third kappa shape index (κ3) is 6.50. The summed E-state index contributed by atoms with van der Waals surface area (Å²) in [4.78, 5) is 24.1. The Kier molecular flexibility index (Phi) is 8.12. The van der Waals surface area contributed by atoms with Crippen molar-refractivity contribution in [3.8, 4) is 5.75 Å². The SMILES string of the molecule is COc1ccc(C)cc1NC(=O)COC(=O)[C@@H](NS(=O)(=O)c1ccccc1F)C(C)C. The van der Waals surface area contributed by atoms with E-state index in [2.05, 4.69) is 10.0 Å². The number of hydrogen-bond acceptors (Lipinski definition) is 6. The number of esters is 1. The standard InChI is InChI=1S/C21H25FN2O6S/c1-13(2)20(24-31(27,28)18-8-6-5-7-15(18)22)21(26)30-12-19(25)23-16-11-14(3)9-10-17(16)29-4/h5-11,13,20,24H,12H2,1-4H3,(H,23,25)/t20-/m0/s1. The summed E-state index contributed by atoms with van der Waals surface area (Å²) in [5.41, 5.74) is 1.29. The Morgan fingerprint density at radius 2 is 1.81 bits per heavy atom. The molecular formula is C21H25FN2O6S. The van der Waals surface area contributed by atoms with E-state index in [-0.39, 0.29) is 0 Å². The summed E-state index contributed by atoms with van der Waals surface area (Å²) in [6, 6.07) is 8.68. The maximum absolute atomic E-state index is 13.9. The van der Waals surface area contributed by atoms with Gasteiger partial charge in [0.1, 0.15) is 22.5 Å². The maximum atomic E-state index is 13.9. The van der Waals surface area contributed by atoms with Gasteiger partial charge in [0.15, 0.2) is 6.61 Å². The molecule has 0 saturated carbocycles. The van der Waals surface area contributed by atoms with Gasteiger partial charge in [0.25, 0.3) is 5.91 Å². The summed E-state index contributed by atoms with van der Waals surface area (Å²) < 4.78 is 51.2. The monoisotopic (exact) mass is 452 g/mol. The average Bonchev–Trinajstić information content (AvgIpc) is 2.70. The Balaban J connectivity index is 2.05. The number of nitrogens with one attached hydrogen (secondary N) is 2. The van der Waals surface area contributed by atoms with E-state index < -0.39 is 51.2 Å². The lowest BCUT2D eigenvalue weighted by atomic mass is 10.1. The number of aryl methyl sites for hydroxylation is 1. The van der Waals surface area contributed by atoms with Gasteiger partial charge < -0.3 is 14.8 Å². The minimum absolute atomic E-state index is 0.407. The maximum Gasteiger partial charge on any atom is 0.324 e. The molecule has 168 valence electrons. The van der Waals surface area contributed by atoms with Crippen LogP contribution in [0.5, 0.6) is 5.75 Å². The van der Waals surface area contributed by atoms with Crippen LogP contribution in [-0.2, 0) is 24.3 Å². The summed E-state index contributed by atoms with van der Waals surface area (Å²) in [6.45, 7) is 4.38. The minimum atomic E-state index is -4.32. The number of carbonyl (C=O) groups excluding carboxylic acids is 2. The second-order valence-corrected chi connectivity index (χ2v) is 8.82. The highest BCUT2D eigenvalue weighted by atomic mass is 32.2. The van der Waals surface area contributed by atoms with E-state index in [4.69, 9.17) is 9.47 Å². The highest BCUT2D eigenvalue weighted by Crippen LogP contribution is 2.25. The molecule has 0 spiro atoms. The number of methoxy groups -OCH3 is 1. The third-order valence-corrected chi connectivity index (χ3v) is 5.78. The lowest BCUT2D eigenvalue weighted by Gasteiger charge is -2.21. The quantitative estimate of drug-likeness (QED) is 0.566. The fraction of sp³-hybridized carbons (Fsp3) is 0.333. The van der Waals surface area contributed by atoms with Gasteiger partial charge in [0.05, 0.1) is 12.8 Å². The number of carbonyl (C=O) groups is 2. The van der Waals surface area contributed by atoms with E-state index in [9.17, 15) is 22.4 Å². The Morgan fingerprint density at radius 1 is 1.13 bits per heavy atom. The van der Waals surface area contributed by atoms with Gasteiger partial charge in [0, 0.05) is 0 Å². The molecule has 1 atom stereocenters. The highest BCUT2D eigenvalue weighted by molar-refractivity contribution is 7.89. The van der Waals surface area contributed by atoms with Crippen molar-refractivity contribution in [2.45, 2.75) is 31.7 Å². The first-order chi connectivity index (χ1) is 14.5. The Hall–Kier alpha value is -2.98. The number of sulfonamides is 1. The Morgan fingerprint density at radius 3 is 2.42 bits per heavy atom. The van der Waals surface area contributed by atoms with Crippen LogP contribution >= 0.6 is 0 Å². The summed E-state index contributed by atoms with van der Waals surface area (Å²) in [7, 11) is -2.87. The van der Waals surface area contributed by atoms with Crippen LogP contribution in [0.3, 0.4) is 0 Å². The number of halogens is 1. The normalized spacial score (nSPS) is 12.3. The van der Waals surface area contributed by atoms with E-state index in [0.717, 1.165) is 17.7 Å². The van der Waals surface area contributed by atoms with Crippen LogP contribution in [0, 0.1) is 18.7 Å². The van der Waals surface area contributed by atoms with Gasteiger partial charge in [-0.2, -0.15) is 4.72 Å². The summed E-state index contributed by atoms with van der Waals surface area (Å²) in [5.74, 6) is -2.62. The van der Waals surface area contributed by atoms with Crippen LogP contribution in [0.4, 0.5) is 10.1 Å². The van der Waals surface area contributed by atoms with E-state index in [0.29, 0.717) is 11.4 Å². The molecule has 31 heavy (non-hydrogen) atoms. The lowest BCUT2D eigenvalue weighted by Crippen LogP contribution is -2.46. The molecule has 2 aromatic carbocycles. The van der Waals surface area contributed by atoms with Crippen LogP contribution in [0.2, 0.25) is 0 Å². The molecule has 0 aromatic heterocycles. The number of anilines is 1. The zero-order valence-corrected chi connectivity index (χ0v) is 18.5. The molecule has 0 aliphatic carbocycles. The molecule has 8 nitrogen and oxygen atoms in total. The molecule has 2 rings (SSSR count). The largest absolute Gasteiger partial charge is 0.495 e. The molecule has 0 aliphatic rings. The van der Waals surface area contributed by atoms with Crippen LogP contribution in [-0.4, -0.2) is 40.1 Å². The van der Waals surface area contributed by atoms with E-state index in [1.165, 1.54) is 19.2 Å². The van der Waals surface area contributed by atoms with Crippen molar-refractivity contribution in [3.05, 3.63) is 53.8 Å². The molecule has 0 bridgehead atoms. The van der Waals surface area contributed by atoms with E-state index in [1.807, 2.05) is 13.0 Å². The molecule has 0 radical (unpaired) electrons. The van der Waals surface area contributed by atoms with Gasteiger partial charge >= 0.3 is 5.97 Å². The fourth-order valence-electron chi connectivity index (χ4n) is 2.68. The summed E-state index contributed by atoms with van der Waals surface area (Å²) in [6.07, 6.45) is 0. The van der Waals surface area contributed by atoms with Crippen molar-refractivity contribution in [1.29, 1.82) is 0 Å². The predicted octanol–water partition coefficient (Wildman–Crippen LogP) is 2.63. The fourth-order valence-corrected chi connectivity index (χ4v) is 4.09.